The van der Waals surface area contributed by atoms with Crippen molar-refractivity contribution in [2.24, 2.45) is 0 Å². The maximum atomic E-state index is 12.1. The molecule has 0 radical (unpaired) electrons. The minimum atomic E-state index is -5.04. The van der Waals surface area contributed by atoms with Crippen LogP contribution in [0.4, 0.5) is 19.0 Å². The number of hydrogen-bond donors (Lipinski definition) is 1. The Hall–Kier alpha value is -2.39. The third kappa shape index (κ3) is 4.08. The average Bonchev–Trinajstić information content (AvgIpc) is 2.19. The molecule has 1 aromatic rings. The minimum Gasteiger partial charge on any atom is -0.481 e. The van der Waals surface area contributed by atoms with E-state index >= 15 is 0 Å². The van der Waals surface area contributed by atoms with E-state index in [0.717, 1.165) is 6.92 Å². The monoisotopic (exact) mass is 280 g/mol. The van der Waals surface area contributed by atoms with E-state index in [1.54, 1.807) is 0 Å². The second-order valence-corrected chi connectivity index (χ2v) is 3.44. The highest BCUT2D eigenvalue weighted by Crippen LogP contribution is 2.31. The van der Waals surface area contributed by atoms with E-state index in [0.29, 0.717) is 6.07 Å². The van der Waals surface area contributed by atoms with E-state index in [9.17, 15) is 28.1 Å². The molecule has 1 heterocycles. The van der Waals surface area contributed by atoms with Crippen molar-refractivity contribution < 1.29 is 32.7 Å². The third-order valence-corrected chi connectivity index (χ3v) is 1.98. The molecule has 1 aromatic heterocycles. The van der Waals surface area contributed by atoms with Gasteiger partial charge in [-0.05, 0) is 16.8 Å². The number of nitrogens with zero attached hydrogens (tertiary/aromatic N) is 2. The van der Waals surface area contributed by atoms with Gasteiger partial charge in [0.05, 0.1) is 5.56 Å². The van der Waals surface area contributed by atoms with Crippen molar-refractivity contribution in [1.29, 1.82) is 0 Å². The number of carboxylic acid groups (broad SMARTS) is 1. The molecule has 7 nitrogen and oxygen atoms in total. The number of pyridine rings is 1. The van der Waals surface area contributed by atoms with Gasteiger partial charge in [0, 0.05) is 6.07 Å². The largest absolute Gasteiger partial charge is 0.573 e. The predicted molar refractivity (Wildman–Crippen MR) is 53.7 cm³/mol. The fourth-order valence-electron chi connectivity index (χ4n) is 1.28. The van der Waals surface area contributed by atoms with E-state index in [4.69, 9.17) is 5.11 Å². The molecule has 1 rings (SSSR count). The topological polar surface area (TPSA) is 103 Å². The van der Waals surface area contributed by atoms with Crippen molar-refractivity contribution in [2.45, 2.75) is 19.7 Å². The highest BCUT2D eigenvalue weighted by Gasteiger charge is 2.34. The summed E-state index contributed by atoms with van der Waals surface area (Å²) in [4.78, 5) is 23.5. The lowest BCUT2D eigenvalue weighted by Crippen LogP contribution is -2.19. The van der Waals surface area contributed by atoms with Crippen LogP contribution in [-0.2, 0) is 11.2 Å². The summed E-state index contributed by atoms with van der Waals surface area (Å²) in [5.74, 6) is -3.10. The van der Waals surface area contributed by atoms with Crippen molar-refractivity contribution in [3.63, 3.8) is 0 Å². The van der Waals surface area contributed by atoms with Gasteiger partial charge in [0.1, 0.15) is 12.2 Å². The Bertz CT molecular complexity index is 529. The highest BCUT2D eigenvalue weighted by molar-refractivity contribution is 5.70. The van der Waals surface area contributed by atoms with E-state index in [1.165, 1.54) is 0 Å². The molecule has 10 heteroatoms. The van der Waals surface area contributed by atoms with Crippen LogP contribution in [0.5, 0.6) is 5.75 Å². The fourth-order valence-corrected chi connectivity index (χ4v) is 1.28. The first-order chi connectivity index (χ1) is 8.60. The Labute approximate surface area is 103 Å². The van der Waals surface area contributed by atoms with Crippen LogP contribution in [-0.4, -0.2) is 27.3 Å². The number of rotatable bonds is 4. The van der Waals surface area contributed by atoms with E-state index < -0.39 is 46.5 Å². The Balaban J connectivity index is 3.31. The molecule has 19 heavy (non-hydrogen) atoms. The fraction of sp³-hybridized carbons (Fsp3) is 0.333. The average molecular weight is 280 g/mol. The first kappa shape index (κ1) is 14.7. The van der Waals surface area contributed by atoms with Crippen LogP contribution in [0.15, 0.2) is 6.07 Å². The van der Waals surface area contributed by atoms with Gasteiger partial charge in [-0.2, -0.15) is 0 Å². The van der Waals surface area contributed by atoms with Gasteiger partial charge in [0.15, 0.2) is 5.69 Å². The molecule has 0 fully saturated rings. The van der Waals surface area contributed by atoms with Crippen molar-refractivity contribution in [1.82, 2.24) is 4.98 Å². The summed E-state index contributed by atoms with van der Waals surface area (Å²) in [7, 11) is 0. The molecule has 0 aliphatic rings. The molecular formula is C9H7F3N2O5. The lowest BCUT2D eigenvalue weighted by molar-refractivity contribution is -0.390. The normalized spacial score (nSPS) is 11.2. The number of aliphatic carboxylic acids is 1. The Morgan fingerprint density at radius 3 is 2.58 bits per heavy atom. The number of halogens is 3. The summed E-state index contributed by atoms with van der Waals surface area (Å²) in [6, 6.07) is 0.712. The van der Waals surface area contributed by atoms with E-state index in [1.807, 2.05) is 0 Å². The molecule has 0 bridgehead atoms. The third-order valence-electron chi connectivity index (χ3n) is 1.98. The zero-order chi connectivity index (χ0) is 14.8. The van der Waals surface area contributed by atoms with Crippen LogP contribution < -0.4 is 4.74 Å². The lowest BCUT2D eigenvalue weighted by atomic mass is 10.2. The Morgan fingerprint density at radius 1 is 1.58 bits per heavy atom. The van der Waals surface area contributed by atoms with Gasteiger partial charge >= 0.3 is 18.1 Å². The summed E-state index contributed by atoms with van der Waals surface area (Å²) in [5.41, 5.74) is -0.833. The molecular weight excluding hydrogens is 273 g/mol. The molecule has 0 atom stereocenters. The minimum absolute atomic E-state index is 0.399. The molecule has 0 spiro atoms. The van der Waals surface area contributed by atoms with Crippen LogP contribution in [0.1, 0.15) is 11.3 Å². The second-order valence-electron chi connectivity index (χ2n) is 3.44. The first-order valence-electron chi connectivity index (χ1n) is 4.72. The summed E-state index contributed by atoms with van der Waals surface area (Å²) >= 11 is 0. The zero-order valence-electron chi connectivity index (χ0n) is 9.39. The molecule has 0 aliphatic carbocycles. The number of alkyl halides is 3. The SMILES string of the molecule is Cc1c(OC(F)(F)F)cc(CC(=O)O)nc1[N+](=O)[O-]. The number of carbonyl (C=O) groups is 1. The molecule has 0 aliphatic heterocycles. The number of aromatic nitrogens is 1. The van der Waals surface area contributed by atoms with Crippen LogP contribution in [0.3, 0.4) is 0 Å². The van der Waals surface area contributed by atoms with Crippen LogP contribution in [0, 0.1) is 17.0 Å². The summed E-state index contributed by atoms with van der Waals surface area (Å²) in [6.45, 7) is 1.02. The van der Waals surface area contributed by atoms with Gasteiger partial charge in [0.25, 0.3) is 0 Å². The molecule has 104 valence electrons. The molecule has 0 aromatic carbocycles. The maximum absolute atomic E-state index is 12.1. The summed E-state index contributed by atoms with van der Waals surface area (Å²) in [5, 5.41) is 19.2. The summed E-state index contributed by atoms with van der Waals surface area (Å²) < 4.78 is 40.0. The van der Waals surface area contributed by atoms with Crippen molar-refractivity contribution in [3.8, 4) is 5.75 Å². The van der Waals surface area contributed by atoms with Crippen LogP contribution in [0.25, 0.3) is 0 Å². The molecule has 0 saturated carbocycles. The first-order valence-corrected chi connectivity index (χ1v) is 4.72. The van der Waals surface area contributed by atoms with Crippen molar-refractivity contribution >= 4 is 11.8 Å². The Morgan fingerprint density at radius 2 is 2.16 bits per heavy atom. The van der Waals surface area contributed by atoms with Gasteiger partial charge < -0.3 is 20.0 Å². The van der Waals surface area contributed by atoms with Crippen molar-refractivity contribution in [3.05, 3.63) is 27.4 Å². The number of nitro groups is 1. The van der Waals surface area contributed by atoms with E-state index in [2.05, 4.69) is 9.72 Å². The standard InChI is InChI=1S/C9H7F3N2O5/c1-4-6(19-9(10,11)12)2-5(3-7(15)16)13-8(4)14(17)18/h2H,3H2,1H3,(H,15,16). The highest BCUT2D eigenvalue weighted by atomic mass is 19.4. The zero-order valence-corrected chi connectivity index (χ0v) is 9.39. The number of carboxylic acids is 1. The van der Waals surface area contributed by atoms with Crippen LogP contribution in [0.2, 0.25) is 0 Å². The van der Waals surface area contributed by atoms with E-state index in [-0.39, 0.29) is 0 Å². The maximum Gasteiger partial charge on any atom is 0.573 e. The Kier molecular flexibility index (Phi) is 3.92. The molecule has 0 amide bonds. The predicted octanol–water partition coefficient (Wildman–Crippen LogP) is 1.82. The van der Waals surface area contributed by atoms with Gasteiger partial charge in [-0.1, -0.05) is 0 Å². The van der Waals surface area contributed by atoms with Crippen molar-refractivity contribution in [2.75, 3.05) is 0 Å². The number of hydrogen-bond acceptors (Lipinski definition) is 5. The summed E-state index contributed by atoms with van der Waals surface area (Å²) in [6.07, 6.45) is -5.80. The molecule has 0 unspecified atom stereocenters. The quantitative estimate of drug-likeness (QED) is 0.666. The van der Waals surface area contributed by atoms with Gasteiger partial charge in [-0.25, -0.2) is 0 Å². The van der Waals surface area contributed by atoms with Gasteiger partial charge in [-0.3, -0.25) is 4.79 Å². The molecule has 1 N–H and O–H groups in total. The lowest BCUT2D eigenvalue weighted by Gasteiger charge is -2.11. The second kappa shape index (κ2) is 5.08. The van der Waals surface area contributed by atoms with Gasteiger partial charge in [0.2, 0.25) is 0 Å². The van der Waals surface area contributed by atoms with Crippen LogP contribution >= 0.6 is 0 Å². The molecule has 0 saturated heterocycles. The van der Waals surface area contributed by atoms with Gasteiger partial charge in [-0.15, -0.1) is 13.2 Å². The number of ether oxygens (including phenoxy) is 1. The smallest absolute Gasteiger partial charge is 0.481 e.